The van der Waals surface area contributed by atoms with Crippen LogP contribution in [-0.2, 0) is 6.54 Å². The summed E-state index contributed by atoms with van der Waals surface area (Å²) in [6.45, 7) is 7.85. The van der Waals surface area contributed by atoms with Crippen LogP contribution in [0.15, 0.2) is 55.1 Å². The van der Waals surface area contributed by atoms with Gasteiger partial charge in [-0.1, -0.05) is 6.07 Å². The molecule has 5 aromatic rings. The highest BCUT2D eigenvalue weighted by Crippen LogP contribution is 2.45. The van der Waals surface area contributed by atoms with Crippen LogP contribution in [-0.4, -0.2) is 62.1 Å². The first-order valence-corrected chi connectivity index (χ1v) is 14.0. The number of H-pyrrole nitrogens is 1. The number of ether oxygens (including phenoxy) is 2. The quantitative estimate of drug-likeness (QED) is 0.298. The zero-order chi connectivity index (χ0) is 27.3. The highest BCUT2D eigenvalue weighted by molar-refractivity contribution is 6.00. The van der Waals surface area contributed by atoms with Crippen LogP contribution in [0.25, 0.3) is 27.7 Å². The molecule has 10 heteroatoms. The van der Waals surface area contributed by atoms with Crippen molar-refractivity contribution in [2.75, 3.05) is 31.7 Å². The highest BCUT2D eigenvalue weighted by Gasteiger charge is 2.46. The molecule has 7 rings (SSSR count). The topological polar surface area (TPSA) is 105 Å². The van der Waals surface area contributed by atoms with Gasteiger partial charge in [-0.15, -0.1) is 5.10 Å². The number of rotatable bonds is 8. The molecule has 1 aliphatic heterocycles. The van der Waals surface area contributed by atoms with Crippen LogP contribution in [0, 0.1) is 11.8 Å². The fourth-order valence-corrected chi connectivity index (χ4v) is 6.66. The van der Waals surface area contributed by atoms with Gasteiger partial charge in [0.25, 0.3) is 0 Å². The Morgan fingerprint density at radius 3 is 2.62 bits per heavy atom. The number of hydrogen-bond donors (Lipinski definition) is 2. The molecule has 10 nitrogen and oxygen atoms in total. The van der Waals surface area contributed by atoms with E-state index in [9.17, 15) is 0 Å². The lowest BCUT2D eigenvalue weighted by Gasteiger charge is -2.29. The largest absolute Gasteiger partial charge is 0.492 e. The van der Waals surface area contributed by atoms with E-state index < -0.39 is 0 Å². The van der Waals surface area contributed by atoms with E-state index in [1.165, 1.54) is 18.4 Å². The average molecular weight is 539 g/mol. The second-order valence-corrected chi connectivity index (χ2v) is 11.3. The molecule has 1 saturated carbocycles. The van der Waals surface area contributed by atoms with Crippen molar-refractivity contribution in [3.05, 3.63) is 60.7 Å². The molecule has 0 amide bonds. The Kier molecular flexibility index (Phi) is 6.07. The number of fused-ring (bicyclic) bond motifs is 4. The monoisotopic (exact) mass is 538 g/mol. The molecule has 0 spiro atoms. The lowest BCUT2D eigenvalue weighted by Crippen LogP contribution is -2.41. The molecule has 6 heterocycles. The Morgan fingerprint density at radius 1 is 1.07 bits per heavy atom. The van der Waals surface area contributed by atoms with Crippen molar-refractivity contribution in [2.45, 2.75) is 38.8 Å². The van der Waals surface area contributed by atoms with Crippen LogP contribution in [0.5, 0.6) is 11.6 Å². The fourth-order valence-electron chi connectivity index (χ4n) is 6.66. The van der Waals surface area contributed by atoms with Crippen LogP contribution in [0.4, 0.5) is 5.82 Å². The van der Waals surface area contributed by atoms with E-state index in [1.807, 2.05) is 42.3 Å². The predicted molar refractivity (Wildman–Crippen MR) is 154 cm³/mol. The van der Waals surface area contributed by atoms with Crippen molar-refractivity contribution in [3.63, 3.8) is 0 Å². The maximum Gasteiger partial charge on any atom is 0.212 e. The Labute approximate surface area is 232 Å². The van der Waals surface area contributed by atoms with E-state index >= 15 is 0 Å². The van der Waals surface area contributed by atoms with Crippen LogP contribution in [0.1, 0.15) is 32.3 Å². The molecule has 2 fully saturated rings. The van der Waals surface area contributed by atoms with Gasteiger partial charge in [-0.05, 0) is 62.3 Å². The zero-order valence-electron chi connectivity index (χ0n) is 23.1. The summed E-state index contributed by atoms with van der Waals surface area (Å²) in [5.74, 6) is 3.79. The van der Waals surface area contributed by atoms with E-state index in [1.54, 1.807) is 7.11 Å². The van der Waals surface area contributed by atoms with E-state index in [0.29, 0.717) is 24.3 Å². The summed E-state index contributed by atoms with van der Waals surface area (Å²) in [4.78, 5) is 11.7. The number of aromatic amines is 1. The van der Waals surface area contributed by atoms with Gasteiger partial charge >= 0.3 is 0 Å². The molecule has 40 heavy (non-hydrogen) atoms. The maximum absolute atomic E-state index is 5.84. The minimum absolute atomic E-state index is 0.138. The summed E-state index contributed by atoms with van der Waals surface area (Å²) in [6, 6.07) is 10.4. The Bertz CT molecular complexity index is 1630. The molecule has 5 aromatic heterocycles. The number of methoxy groups -OCH3 is 1. The summed E-state index contributed by atoms with van der Waals surface area (Å²) in [7, 11) is 1.64. The van der Waals surface area contributed by atoms with Gasteiger partial charge < -0.3 is 19.7 Å². The predicted octanol–water partition coefficient (Wildman–Crippen LogP) is 4.47. The summed E-state index contributed by atoms with van der Waals surface area (Å²) in [5.41, 5.74) is 5.13. The number of nitrogens with zero attached hydrogens (tertiary/aromatic N) is 6. The molecular formula is C30H34N8O2. The number of anilines is 1. The lowest BCUT2D eigenvalue weighted by molar-refractivity contribution is 0.338. The lowest BCUT2D eigenvalue weighted by atomic mass is 9.97. The number of pyridine rings is 3. The number of hydrogen-bond acceptors (Lipinski definition) is 8. The SMILES string of the molecule is CCOc1cc(-c2ccc(N3C[C@@H]4CC(C)(NCc5ccc(OC)nc5)C[C@@H]4C3)nc2)c2c3cn[nH]c3nn2c1. The summed E-state index contributed by atoms with van der Waals surface area (Å²) in [5, 5.41) is 16.6. The molecule has 2 N–H and O–H groups in total. The van der Waals surface area contributed by atoms with Gasteiger partial charge in [-0.25, -0.2) is 14.5 Å². The first-order valence-electron chi connectivity index (χ1n) is 14.0. The van der Waals surface area contributed by atoms with Crippen molar-refractivity contribution >= 4 is 22.4 Å². The second kappa shape index (κ2) is 9.78. The van der Waals surface area contributed by atoms with Crippen molar-refractivity contribution in [1.82, 2.24) is 35.1 Å². The van der Waals surface area contributed by atoms with Gasteiger partial charge in [-0.2, -0.15) is 5.10 Å². The Hall–Kier alpha value is -4.18. The van der Waals surface area contributed by atoms with Crippen molar-refractivity contribution < 1.29 is 9.47 Å². The number of nitrogens with one attached hydrogen (secondary N) is 2. The Morgan fingerprint density at radius 2 is 1.93 bits per heavy atom. The van der Waals surface area contributed by atoms with Crippen LogP contribution < -0.4 is 19.7 Å². The molecular weight excluding hydrogens is 504 g/mol. The first-order chi connectivity index (χ1) is 19.5. The normalized spacial score (nSPS) is 22.3. The molecule has 0 bridgehead atoms. The molecule has 0 radical (unpaired) electrons. The summed E-state index contributed by atoms with van der Waals surface area (Å²) < 4.78 is 12.9. The van der Waals surface area contributed by atoms with Gasteiger partial charge in [0.05, 0.1) is 37.0 Å². The van der Waals surface area contributed by atoms with E-state index in [2.05, 4.69) is 61.7 Å². The average Bonchev–Trinajstić information content (AvgIpc) is 3.72. The van der Waals surface area contributed by atoms with Crippen LogP contribution >= 0.6 is 0 Å². The van der Waals surface area contributed by atoms with E-state index in [-0.39, 0.29) is 5.54 Å². The highest BCUT2D eigenvalue weighted by atomic mass is 16.5. The van der Waals surface area contributed by atoms with Crippen LogP contribution in [0.2, 0.25) is 0 Å². The van der Waals surface area contributed by atoms with E-state index in [0.717, 1.165) is 58.9 Å². The molecule has 1 saturated heterocycles. The molecule has 2 aliphatic rings. The standard InChI is InChI=1S/C30H34N8O2/c1-4-40-23-9-24(28-25-15-34-35-29(25)36-38(28)18-23)20-6-7-26(31-14-20)37-16-21-10-30(2,11-22(21)17-37)33-13-19-5-8-27(39-3)32-12-19/h5-9,12,14-15,18,21-22,33H,4,10-11,13,16-17H2,1-3H3,(H,35,36)/t21-,22+,30?. The van der Waals surface area contributed by atoms with Crippen molar-refractivity contribution in [2.24, 2.45) is 11.8 Å². The summed E-state index contributed by atoms with van der Waals surface area (Å²) in [6.07, 6.45) is 9.94. The van der Waals surface area contributed by atoms with Gasteiger partial charge in [-0.3, -0.25) is 5.10 Å². The van der Waals surface area contributed by atoms with Gasteiger partial charge in [0, 0.05) is 54.8 Å². The summed E-state index contributed by atoms with van der Waals surface area (Å²) >= 11 is 0. The van der Waals surface area contributed by atoms with Gasteiger partial charge in [0.15, 0.2) is 5.65 Å². The first kappa shape index (κ1) is 24.8. The third kappa shape index (κ3) is 4.42. The third-order valence-electron chi connectivity index (χ3n) is 8.52. The smallest absolute Gasteiger partial charge is 0.212 e. The van der Waals surface area contributed by atoms with E-state index in [4.69, 9.17) is 14.5 Å². The molecule has 0 aromatic carbocycles. The van der Waals surface area contributed by atoms with Crippen LogP contribution in [0.3, 0.4) is 0 Å². The molecule has 1 unspecified atom stereocenters. The maximum atomic E-state index is 5.84. The van der Waals surface area contributed by atoms with Crippen molar-refractivity contribution in [3.8, 4) is 22.8 Å². The van der Waals surface area contributed by atoms with Gasteiger partial charge in [0.1, 0.15) is 11.6 Å². The van der Waals surface area contributed by atoms with Gasteiger partial charge in [0.2, 0.25) is 5.88 Å². The number of aromatic nitrogens is 6. The minimum atomic E-state index is 0.138. The molecule has 206 valence electrons. The molecule has 3 atom stereocenters. The minimum Gasteiger partial charge on any atom is -0.492 e. The molecule has 1 aliphatic carbocycles. The van der Waals surface area contributed by atoms with Crippen molar-refractivity contribution in [1.29, 1.82) is 0 Å². The third-order valence-corrected chi connectivity index (χ3v) is 8.52. The second-order valence-electron chi connectivity index (χ2n) is 11.3. The Balaban J connectivity index is 1.05. The zero-order valence-corrected chi connectivity index (χ0v) is 23.1. The fraction of sp³-hybridized carbons (Fsp3) is 0.400.